The van der Waals surface area contributed by atoms with E-state index in [4.69, 9.17) is 5.11 Å². The Balaban J connectivity index is 2.41. The van der Waals surface area contributed by atoms with Crippen molar-refractivity contribution in [1.29, 1.82) is 0 Å². The van der Waals surface area contributed by atoms with E-state index in [1.165, 1.54) is 12.1 Å². The van der Waals surface area contributed by atoms with Gasteiger partial charge in [0.1, 0.15) is 5.82 Å². The molecule has 6 heteroatoms. The van der Waals surface area contributed by atoms with E-state index in [0.29, 0.717) is 17.7 Å². The normalized spacial score (nSPS) is 11.7. The van der Waals surface area contributed by atoms with Crippen molar-refractivity contribution < 1.29 is 19.1 Å². The van der Waals surface area contributed by atoms with Crippen LogP contribution in [0.1, 0.15) is 18.9 Å². The second-order valence-corrected chi connectivity index (χ2v) is 4.43. The second-order valence-electron chi connectivity index (χ2n) is 4.43. The number of benzene rings is 1. The van der Waals surface area contributed by atoms with E-state index < -0.39 is 23.7 Å². The van der Waals surface area contributed by atoms with Gasteiger partial charge in [-0.15, -0.1) is 0 Å². The Bertz CT molecular complexity index is 457. The van der Waals surface area contributed by atoms with Gasteiger partial charge in [-0.1, -0.05) is 6.92 Å². The highest BCUT2D eigenvalue weighted by atomic mass is 19.1. The average molecular weight is 268 g/mol. The Morgan fingerprint density at radius 2 is 2.05 bits per heavy atom. The number of nitrogens with one attached hydrogen (secondary N) is 2. The Labute approximate surface area is 110 Å². The molecule has 104 valence electrons. The number of hydrogen-bond donors (Lipinski definition) is 3. The monoisotopic (exact) mass is 268 g/mol. The molecule has 0 aliphatic heterocycles. The highest BCUT2D eigenvalue weighted by Crippen LogP contribution is 2.12. The van der Waals surface area contributed by atoms with Crippen molar-refractivity contribution in [2.45, 2.75) is 20.3 Å². The fourth-order valence-corrected chi connectivity index (χ4v) is 1.51. The van der Waals surface area contributed by atoms with Gasteiger partial charge in [-0.25, -0.2) is 9.18 Å². The number of anilines is 1. The van der Waals surface area contributed by atoms with Crippen LogP contribution in [0.4, 0.5) is 14.9 Å². The molecule has 1 aromatic rings. The summed E-state index contributed by atoms with van der Waals surface area (Å²) in [5.74, 6) is -1.84. The Morgan fingerprint density at radius 1 is 1.37 bits per heavy atom. The van der Waals surface area contributed by atoms with Crippen LogP contribution in [0.3, 0.4) is 0 Å². The number of carbonyl (C=O) groups is 2. The van der Waals surface area contributed by atoms with Crippen LogP contribution in [0.2, 0.25) is 0 Å². The highest BCUT2D eigenvalue weighted by Gasteiger charge is 2.11. The van der Waals surface area contributed by atoms with E-state index >= 15 is 0 Å². The lowest BCUT2D eigenvalue weighted by atomic mass is 10.1. The highest BCUT2D eigenvalue weighted by molar-refractivity contribution is 5.89. The van der Waals surface area contributed by atoms with Crippen molar-refractivity contribution in [2.75, 3.05) is 11.9 Å². The van der Waals surface area contributed by atoms with Crippen LogP contribution in [-0.4, -0.2) is 23.7 Å². The lowest BCUT2D eigenvalue weighted by Gasteiger charge is -2.10. The number of hydrogen-bond acceptors (Lipinski definition) is 2. The number of carboxylic acids is 1. The molecule has 0 aliphatic carbocycles. The van der Waals surface area contributed by atoms with Crippen molar-refractivity contribution in [2.24, 2.45) is 5.92 Å². The van der Waals surface area contributed by atoms with E-state index in [2.05, 4.69) is 10.6 Å². The third kappa shape index (κ3) is 5.37. The van der Waals surface area contributed by atoms with E-state index in [9.17, 15) is 14.0 Å². The van der Waals surface area contributed by atoms with E-state index in [1.54, 1.807) is 19.9 Å². The topological polar surface area (TPSA) is 78.4 Å². The molecule has 2 amide bonds. The van der Waals surface area contributed by atoms with E-state index in [0.717, 1.165) is 0 Å². The molecule has 0 spiro atoms. The summed E-state index contributed by atoms with van der Waals surface area (Å²) >= 11 is 0. The molecule has 0 bridgehead atoms. The Morgan fingerprint density at radius 3 is 2.63 bits per heavy atom. The van der Waals surface area contributed by atoms with Gasteiger partial charge in [0.25, 0.3) is 0 Å². The van der Waals surface area contributed by atoms with Crippen molar-refractivity contribution in [3.63, 3.8) is 0 Å². The standard InChI is InChI=1S/C13H17FN2O3/c1-8-5-10(14)7-11(6-8)16-13(19)15-4-3-9(2)12(17)18/h5-7,9H,3-4H2,1-2H3,(H,17,18)(H2,15,16,19). The van der Waals surface area contributed by atoms with Crippen LogP contribution in [0.15, 0.2) is 18.2 Å². The number of aliphatic carboxylic acids is 1. The zero-order valence-electron chi connectivity index (χ0n) is 10.9. The van der Waals surface area contributed by atoms with Gasteiger partial charge in [0.05, 0.1) is 5.92 Å². The summed E-state index contributed by atoms with van der Waals surface area (Å²) in [6.45, 7) is 3.53. The molecule has 0 aromatic heterocycles. The molecule has 1 atom stereocenters. The van der Waals surface area contributed by atoms with Crippen LogP contribution in [-0.2, 0) is 4.79 Å². The molecule has 19 heavy (non-hydrogen) atoms. The first kappa shape index (κ1) is 14.9. The summed E-state index contributed by atoms with van der Waals surface area (Å²) < 4.78 is 13.1. The van der Waals surface area contributed by atoms with Gasteiger partial charge in [0.2, 0.25) is 0 Å². The summed E-state index contributed by atoms with van der Waals surface area (Å²) in [6, 6.07) is 3.73. The number of amides is 2. The van der Waals surface area contributed by atoms with Gasteiger partial charge in [-0.2, -0.15) is 0 Å². The predicted molar refractivity (Wildman–Crippen MR) is 69.6 cm³/mol. The minimum Gasteiger partial charge on any atom is -0.481 e. The molecular formula is C13H17FN2O3. The minimum absolute atomic E-state index is 0.244. The Hall–Kier alpha value is -2.11. The number of aryl methyl sites for hydroxylation is 1. The lowest BCUT2D eigenvalue weighted by molar-refractivity contribution is -0.141. The molecule has 0 saturated carbocycles. The van der Waals surface area contributed by atoms with Gasteiger partial charge >= 0.3 is 12.0 Å². The number of carbonyl (C=O) groups excluding carboxylic acids is 1. The molecule has 0 fully saturated rings. The zero-order chi connectivity index (χ0) is 14.4. The van der Waals surface area contributed by atoms with Crippen LogP contribution >= 0.6 is 0 Å². The number of carboxylic acid groups (broad SMARTS) is 1. The van der Waals surface area contributed by atoms with E-state index in [-0.39, 0.29) is 6.54 Å². The molecule has 1 rings (SSSR count). The summed E-state index contributed by atoms with van der Waals surface area (Å²) in [4.78, 5) is 22.1. The Kier molecular flexibility index (Phi) is 5.29. The van der Waals surface area contributed by atoms with Gasteiger partial charge in [-0.05, 0) is 37.1 Å². The third-order valence-corrected chi connectivity index (χ3v) is 2.58. The first-order valence-electron chi connectivity index (χ1n) is 5.93. The molecule has 5 nitrogen and oxygen atoms in total. The lowest BCUT2D eigenvalue weighted by Crippen LogP contribution is -2.31. The molecular weight excluding hydrogens is 251 g/mol. The quantitative estimate of drug-likeness (QED) is 0.767. The SMILES string of the molecule is Cc1cc(F)cc(NC(=O)NCCC(C)C(=O)O)c1. The second kappa shape index (κ2) is 6.72. The molecule has 1 aromatic carbocycles. The van der Waals surface area contributed by atoms with E-state index in [1.807, 2.05) is 0 Å². The van der Waals surface area contributed by atoms with Crippen LogP contribution in [0, 0.1) is 18.7 Å². The largest absolute Gasteiger partial charge is 0.481 e. The van der Waals surface area contributed by atoms with Crippen LogP contribution in [0.25, 0.3) is 0 Å². The fraction of sp³-hybridized carbons (Fsp3) is 0.385. The molecule has 0 saturated heterocycles. The number of rotatable bonds is 5. The van der Waals surface area contributed by atoms with Crippen LogP contribution in [0.5, 0.6) is 0 Å². The molecule has 0 radical (unpaired) electrons. The minimum atomic E-state index is -0.900. The van der Waals surface area contributed by atoms with Crippen molar-refractivity contribution in [3.8, 4) is 0 Å². The average Bonchev–Trinajstić information content (AvgIpc) is 2.26. The molecule has 0 aliphatic rings. The molecule has 3 N–H and O–H groups in total. The number of halogens is 1. The van der Waals surface area contributed by atoms with Gasteiger partial charge in [0, 0.05) is 12.2 Å². The molecule has 1 unspecified atom stereocenters. The van der Waals surface area contributed by atoms with Gasteiger partial charge < -0.3 is 15.7 Å². The first-order chi connectivity index (χ1) is 8.88. The summed E-state index contributed by atoms with van der Waals surface area (Å²) in [7, 11) is 0. The first-order valence-corrected chi connectivity index (χ1v) is 5.93. The summed E-state index contributed by atoms with van der Waals surface area (Å²) in [5, 5.41) is 13.7. The predicted octanol–water partition coefficient (Wildman–Crippen LogP) is 2.37. The van der Waals surface area contributed by atoms with Gasteiger partial charge in [0.15, 0.2) is 0 Å². The number of urea groups is 1. The van der Waals surface area contributed by atoms with Crippen molar-refractivity contribution in [1.82, 2.24) is 5.32 Å². The van der Waals surface area contributed by atoms with Crippen LogP contribution < -0.4 is 10.6 Å². The fourth-order valence-electron chi connectivity index (χ4n) is 1.51. The van der Waals surface area contributed by atoms with Crippen molar-refractivity contribution in [3.05, 3.63) is 29.6 Å². The maximum Gasteiger partial charge on any atom is 0.319 e. The zero-order valence-corrected chi connectivity index (χ0v) is 10.9. The maximum atomic E-state index is 13.1. The molecule has 0 heterocycles. The summed E-state index contributed by atoms with van der Waals surface area (Å²) in [6.07, 6.45) is 0.338. The summed E-state index contributed by atoms with van der Waals surface area (Å²) in [5.41, 5.74) is 1.07. The smallest absolute Gasteiger partial charge is 0.319 e. The van der Waals surface area contributed by atoms with Crippen molar-refractivity contribution >= 4 is 17.7 Å². The maximum absolute atomic E-state index is 13.1. The van der Waals surface area contributed by atoms with Gasteiger partial charge in [-0.3, -0.25) is 4.79 Å². The third-order valence-electron chi connectivity index (χ3n) is 2.58.